The van der Waals surface area contributed by atoms with Crippen LogP contribution in [0.5, 0.6) is 0 Å². The van der Waals surface area contributed by atoms with Crippen LogP contribution in [-0.4, -0.2) is 47.4 Å². The van der Waals surface area contributed by atoms with Crippen LogP contribution in [0.3, 0.4) is 0 Å². The van der Waals surface area contributed by atoms with Gasteiger partial charge in [-0.3, -0.25) is 9.59 Å². The summed E-state index contributed by atoms with van der Waals surface area (Å²) in [5.74, 6) is -0.0726. The Morgan fingerprint density at radius 2 is 0.758 bits per heavy atom. The van der Waals surface area contributed by atoms with Crippen molar-refractivity contribution in [2.24, 2.45) is 0 Å². The van der Waals surface area contributed by atoms with E-state index in [1.165, 1.54) is 199 Å². The first kappa shape index (κ1) is 64.1. The number of hydrogen-bond donors (Lipinski definition) is 3. The third-order valence-electron chi connectivity index (χ3n) is 13.4. The van der Waals surface area contributed by atoms with Gasteiger partial charge in [-0.05, 0) is 83.5 Å². The van der Waals surface area contributed by atoms with Gasteiger partial charge in [0.25, 0.3) is 0 Å². The fourth-order valence-corrected chi connectivity index (χ4v) is 8.90. The summed E-state index contributed by atoms with van der Waals surface area (Å²) in [4.78, 5) is 24.5. The van der Waals surface area contributed by atoms with E-state index in [4.69, 9.17) is 4.74 Å². The molecule has 0 radical (unpaired) electrons. The maximum Gasteiger partial charge on any atom is 0.305 e. The Bertz CT molecular complexity index is 1070. The molecule has 1 amide bonds. The zero-order valence-corrected chi connectivity index (χ0v) is 44.2. The average molecular weight is 929 g/mol. The van der Waals surface area contributed by atoms with E-state index in [9.17, 15) is 19.8 Å². The highest BCUT2D eigenvalue weighted by Gasteiger charge is 2.20. The average Bonchev–Trinajstić information content (AvgIpc) is 3.32. The molecular weight excluding hydrogens is 815 g/mol. The highest BCUT2D eigenvalue weighted by Crippen LogP contribution is 2.17. The lowest BCUT2D eigenvalue weighted by molar-refractivity contribution is -0.143. The predicted molar refractivity (Wildman–Crippen MR) is 287 cm³/mol. The Hall–Kier alpha value is -1.92. The number of rotatable bonds is 54. The lowest BCUT2D eigenvalue weighted by Crippen LogP contribution is -2.45. The van der Waals surface area contributed by atoms with Crippen LogP contribution in [0.15, 0.2) is 36.5 Å². The fraction of sp³-hybridized carbons (Fsp3) is 0.867. The maximum absolute atomic E-state index is 12.5. The van der Waals surface area contributed by atoms with Crippen LogP contribution in [0.25, 0.3) is 0 Å². The van der Waals surface area contributed by atoms with E-state index in [1.807, 2.05) is 0 Å². The molecule has 0 heterocycles. The Morgan fingerprint density at radius 1 is 0.424 bits per heavy atom. The molecule has 2 unspecified atom stereocenters. The van der Waals surface area contributed by atoms with E-state index < -0.39 is 12.1 Å². The summed E-state index contributed by atoms with van der Waals surface area (Å²) >= 11 is 0. The van der Waals surface area contributed by atoms with Gasteiger partial charge in [-0.1, -0.05) is 249 Å². The number of ether oxygens (including phenoxy) is 1. The van der Waals surface area contributed by atoms with Gasteiger partial charge in [0, 0.05) is 12.8 Å². The lowest BCUT2D eigenvalue weighted by Gasteiger charge is -2.22. The molecule has 0 aromatic heterocycles. The number of esters is 1. The van der Waals surface area contributed by atoms with Crippen LogP contribution in [-0.2, 0) is 14.3 Å². The second kappa shape index (κ2) is 55.7. The molecule has 6 heteroatoms. The summed E-state index contributed by atoms with van der Waals surface area (Å²) in [6.07, 6.45) is 68.4. The minimum Gasteiger partial charge on any atom is -0.466 e. The summed E-state index contributed by atoms with van der Waals surface area (Å²) in [6.45, 7) is 4.90. The SMILES string of the molecule is CCCCCC/C=C\C/C=C\CCCCCCCC(=O)OCCCCCC/C=C\CCCCCCCCCC(=O)NC(CO)C(O)CCCCCCCCCCCCCCCCCCCC. The largest absolute Gasteiger partial charge is 0.466 e. The third-order valence-corrected chi connectivity index (χ3v) is 13.4. The molecule has 0 bridgehead atoms. The van der Waals surface area contributed by atoms with Gasteiger partial charge in [-0.15, -0.1) is 0 Å². The number of hydrogen-bond acceptors (Lipinski definition) is 5. The van der Waals surface area contributed by atoms with Crippen molar-refractivity contribution in [3.05, 3.63) is 36.5 Å². The van der Waals surface area contributed by atoms with E-state index in [2.05, 4.69) is 55.6 Å². The smallest absolute Gasteiger partial charge is 0.305 e. The van der Waals surface area contributed by atoms with Gasteiger partial charge in [0.15, 0.2) is 0 Å². The Morgan fingerprint density at radius 3 is 1.18 bits per heavy atom. The third kappa shape index (κ3) is 51.5. The lowest BCUT2D eigenvalue weighted by atomic mass is 10.0. The van der Waals surface area contributed by atoms with E-state index >= 15 is 0 Å². The first-order valence-corrected chi connectivity index (χ1v) is 29.2. The van der Waals surface area contributed by atoms with Crippen molar-refractivity contribution in [2.75, 3.05) is 13.2 Å². The van der Waals surface area contributed by atoms with Crippen LogP contribution < -0.4 is 5.32 Å². The predicted octanol–water partition coefficient (Wildman–Crippen LogP) is 18.0. The highest BCUT2D eigenvalue weighted by atomic mass is 16.5. The Kier molecular flexibility index (Phi) is 54.1. The summed E-state index contributed by atoms with van der Waals surface area (Å²) in [7, 11) is 0. The molecule has 0 aromatic carbocycles. The molecule has 0 aromatic rings. The van der Waals surface area contributed by atoms with Crippen molar-refractivity contribution in [1.29, 1.82) is 0 Å². The van der Waals surface area contributed by atoms with Crippen LogP contribution in [0.4, 0.5) is 0 Å². The normalized spacial score (nSPS) is 12.8. The molecule has 0 spiro atoms. The summed E-state index contributed by atoms with van der Waals surface area (Å²) in [5, 5.41) is 23.3. The number of nitrogens with one attached hydrogen (secondary N) is 1. The van der Waals surface area contributed by atoms with Crippen molar-refractivity contribution in [3.8, 4) is 0 Å². The molecular formula is C60H113NO5. The number of allylic oxidation sites excluding steroid dienone is 6. The highest BCUT2D eigenvalue weighted by molar-refractivity contribution is 5.76. The fourth-order valence-electron chi connectivity index (χ4n) is 8.90. The van der Waals surface area contributed by atoms with Crippen LogP contribution >= 0.6 is 0 Å². The van der Waals surface area contributed by atoms with Crippen molar-refractivity contribution in [1.82, 2.24) is 5.32 Å². The van der Waals surface area contributed by atoms with Crippen molar-refractivity contribution >= 4 is 11.9 Å². The molecule has 3 N–H and O–H groups in total. The molecule has 0 saturated heterocycles. The van der Waals surface area contributed by atoms with Gasteiger partial charge in [0.2, 0.25) is 5.91 Å². The molecule has 6 nitrogen and oxygen atoms in total. The first-order valence-electron chi connectivity index (χ1n) is 29.2. The Labute approximate surface area is 411 Å². The number of carbonyl (C=O) groups is 2. The molecule has 2 atom stereocenters. The van der Waals surface area contributed by atoms with Gasteiger partial charge in [-0.25, -0.2) is 0 Å². The van der Waals surface area contributed by atoms with E-state index in [0.29, 0.717) is 25.9 Å². The zero-order valence-electron chi connectivity index (χ0n) is 44.2. The van der Waals surface area contributed by atoms with Gasteiger partial charge < -0.3 is 20.3 Å². The first-order chi connectivity index (χ1) is 32.5. The molecule has 0 aliphatic rings. The number of unbranched alkanes of at least 4 members (excludes halogenated alkanes) is 37. The minimum atomic E-state index is -0.676. The number of aliphatic hydroxyl groups excluding tert-OH is 2. The van der Waals surface area contributed by atoms with Gasteiger partial charge >= 0.3 is 5.97 Å². The van der Waals surface area contributed by atoms with Crippen LogP contribution in [0.1, 0.15) is 309 Å². The van der Waals surface area contributed by atoms with Gasteiger partial charge in [0.05, 0.1) is 25.4 Å². The summed E-state index contributed by atoms with van der Waals surface area (Å²) < 4.78 is 5.46. The quantitative estimate of drug-likeness (QED) is 0.0321. The van der Waals surface area contributed by atoms with E-state index in [0.717, 1.165) is 77.0 Å². The maximum atomic E-state index is 12.5. The molecule has 0 aliphatic carbocycles. The molecule has 0 fully saturated rings. The molecule has 0 aliphatic heterocycles. The second-order valence-corrected chi connectivity index (χ2v) is 20.0. The standard InChI is InChI=1S/C60H113NO5/c1-3-5-7-9-11-13-15-17-19-21-22-24-28-32-36-40-44-48-52-58(63)57(56-62)61-59(64)53-49-45-41-37-33-29-25-23-27-31-35-39-43-47-51-55-66-60(65)54-50-46-42-38-34-30-26-20-18-16-14-12-10-8-6-4-2/h14,16,20,26-27,31,57-58,62-63H,3-13,15,17-19,21-25,28-30,32-56H2,1-2H3,(H,61,64)/b16-14-,26-20-,31-27-. The molecule has 0 rings (SSSR count). The number of amides is 1. The molecule has 0 saturated carbocycles. The molecule has 66 heavy (non-hydrogen) atoms. The van der Waals surface area contributed by atoms with Gasteiger partial charge in [-0.2, -0.15) is 0 Å². The van der Waals surface area contributed by atoms with Crippen molar-refractivity contribution in [3.63, 3.8) is 0 Å². The molecule has 388 valence electrons. The van der Waals surface area contributed by atoms with Crippen LogP contribution in [0.2, 0.25) is 0 Å². The van der Waals surface area contributed by atoms with E-state index in [-0.39, 0.29) is 18.5 Å². The number of aliphatic hydroxyl groups is 2. The summed E-state index contributed by atoms with van der Waals surface area (Å²) in [6, 6.07) is -0.554. The topological polar surface area (TPSA) is 95.9 Å². The zero-order chi connectivity index (χ0) is 47.9. The second-order valence-electron chi connectivity index (χ2n) is 20.0. The van der Waals surface area contributed by atoms with Crippen molar-refractivity contribution in [2.45, 2.75) is 321 Å². The number of carbonyl (C=O) groups excluding carboxylic acids is 2. The van der Waals surface area contributed by atoms with Crippen molar-refractivity contribution < 1.29 is 24.5 Å². The monoisotopic (exact) mass is 928 g/mol. The van der Waals surface area contributed by atoms with E-state index in [1.54, 1.807) is 0 Å². The summed E-state index contributed by atoms with van der Waals surface area (Å²) in [5.41, 5.74) is 0. The Balaban J connectivity index is 3.48. The van der Waals surface area contributed by atoms with Crippen LogP contribution in [0, 0.1) is 0 Å². The minimum absolute atomic E-state index is 0.0233. The van der Waals surface area contributed by atoms with Gasteiger partial charge in [0.1, 0.15) is 0 Å².